The van der Waals surface area contributed by atoms with Crippen molar-refractivity contribution in [3.8, 4) is 0 Å². The van der Waals surface area contributed by atoms with Crippen molar-refractivity contribution in [2.75, 3.05) is 24.6 Å². The van der Waals surface area contributed by atoms with Gasteiger partial charge in [0.25, 0.3) is 5.91 Å². The summed E-state index contributed by atoms with van der Waals surface area (Å²) in [6, 6.07) is 11.5. The molecule has 2 saturated heterocycles. The molecule has 4 heterocycles. The molecule has 2 aliphatic heterocycles. The Morgan fingerprint density at radius 1 is 1.19 bits per heavy atom. The number of pyridine rings is 1. The number of rotatable bonds is 10. The number of ether oxygens (including phenoxy) is 1. The van der Waals surface area contributed by atoms with Crippen LogP contribution >= 0.6 is 23.4 Å². The SMILES string of the molecule is CCC(C)(C)[S+]([O-])N[C@@H]1[C@H](C)OCC12CCN(c1cnc(Sc3ccnc(C(=O)NCc4ccccc4)c3Cl)cn1)CC2. The fourth-order valence-electron chi connectivity index (χ4n) is 5.41. The molecule has 12 heteroatoms. The molecule has 1 spiro atoms. The molecule has 1 aromatic carbocycles. The third kappa shape index (κ3) is 7.29. The van der Waals surface area contributed by atoms with E-state index < -0.39 is 11.4 Å². The van der Waals surface area contributed by atoms with Crippen LogP contribution in [0.2, 0.25) is 5.02 Å². The van der Waals surface area contributed by atoms with Crippen molar-refractivity contribution < 1.29 is 14.1 Å². The number of carbonyl (C=O) groups excluding carboxylic acids is 1. The lowest BCUT2D eigenvalue weighted by Crippen LogP contribution is -2.57. The standard InChI is InChI=1S/C31H39ClN6O3S2/c1-5-30(3,4)43(40)37-28-21(2)41-20-31(28)12-15-38(16-13-31)24-18-35-25(19-34-24)42-23-11-14-33-27(26(23)32)29(39)36-17-22-9-7-6-8-10-22/h6-11,14,18-19,21,28,37H,5,12-13,15-17,20H2,1-4H3,(H,36,39)/t21-,28+,43?/m0/s1. The van der Waals surface area contributed by atoms with E-state index in [1.165, 1.54) is 11.8 Å². The van der Waals surface area contributed by atoms with E-state index >= 15 is 0 Å². The summed E-state index contributed by atoms with van der Waals surface area (Å²) >= 11 is 6.79. The number of anilines is 1. The van der Waals surface area contributed by atoms with E-state index in [1.807, 2.05) is 44.2 Å². The number of piperidine rings is 1. The molecule has 2 aromatic heterocycles. The van der Waals surface area contributed by atoms with Crippen molar-refractivity contribution in [1.29, 1.82) is 0 Å². The summed E-state index contributed by atoms with van der Waals surface area (Å²) < 4.78 is 22.4. The molecule has 1 amide bonds. The highest BCUT2D eigenvalue weighted by Gasteiger charge is 2.52. The van der Waals surface area contributed by atoms with E-state index in [-0.39, 0.29) is 38.9 Å². The fraction of sp³-hybridized carbons (Fsp3) is 0.484. The molecule has 2 N–H and O–H groups in total. The van der Waals surface area contributed by atoms with E-state index in [1.54, 1.807) is 24.7 Å². The summed E-state index contributed by atoms with van der Waals surface area (Å²) in [5, 5.41) is 3.83. The molecule has 2 aliphatic rings. The Kier molecular flexibility index (Phi) is 10.2. The van der Waals surface area contributed by atoms with Crippen molar-refractivity contribution in [2.24, 2.45) is 5.41 Å². The van der Waals surface area contributed by atoms with Crippen molar-refractivity contribution in [2.45, 2.75) is 80.3 Å². The smallest absolute Gasteiger partial charge is 0.271 e. The van der Waals surface area contributed by atoms with Crippen LogP contribution in [-0.4, -0.2) is 62.0 Å². The summed E-state index contributed by atoms with van der Waals surface area (Å²) in [5.41, 5.74) is 1.11. The molecule has 0 bridgehead atoms. The van der Waals surface area contributed by atoms with Gasteiger partial charge in [-0.05, 0) is 51.7 Å². The highest BCUT2D eigenvalue weighted by atomic mass is 35.5. The van der Waals surface area contributed by atoms with Crippen LogP contribution in [0.25, 0.3) is 0 Å². The van der Waals surface area contributed by atoms with Crippen LogP contribution in [0.15, 0.2) is 64.9 Å². The average Bonchev–Trinajstić information content (AvgIpc) is 3.32. The first-order chi connectivity index (χ1) is 20.6. The second kappa shape index (κ2) is 13.7. The zero-order valence-corrected chi connectivity index (χ0v) is 27.4. The molecule has 0 aliphatic carbocycles. The summed E-state index contributed by atoms with van der Waals surface area (Å²) in [5.74, 6) is 0.480. The summed E-state index contributed by atoms with van der Waals surface area (Å²) in [6.45, 7) is 10.9. The van der Waals surface area contributed by atoms with E-state index in [9.17, 15) is 9.35 Å². The number of carbonyl (C=O) groups is 1. The molecular formula is C31H39ClN6O3S2. The molecule has 230 valence electrons. The van der Waals surface area contributed by atoms with Crippen LogP contribution in [0.3, 0.4) is 0 Å². The van der Waals surface area contributed by atoms with Gasteiger partial charge >= 0.3 is 0 Å². The van der Waals surface area contributed by atoms with E-state index in [2.05, 4.69) is 38.8 Å². The van der Waals surface area contributed by atoms with Crippen LogP contribution in [0.4, 0.5) is 5.82 Å². The Hall–Kier alpha value is -2.41. The van der Waals surface area contributed by atoms with Crippen molar-refractivity contribution in [1.82, 2.24) is 25.0 Å². The van der Waals surface area contributed by atoms with Crippen LogP contribution in [0.1, 0.15) is 63.0 Å². The minimum absolute atomic E-state index is 0.00900. The number of nitrogens with one attached hydrogen (secondary N) is 2. The molecule has 2 fully saturated rings. The first-order valence-electron chi connectivity index (χ1n) is 14.6. The summed E-state index contributed by atoms with van der Waals surface area (Å²) in [7, 11) is 0. The number of amides is 1. The van der Waals surface area contributed by atoms with Crippen molar-refractivity contribution in [3.05, 3.63) is 71.3 Å². The molecule has 3 atom stereocenters. The molecule has 5 rings (SSSR count). The van der Waals surface area contributed by atoms with Gasteiger partial charge in [-0.15, -0.1) is 4.72 Å². The van der Waals surface area contributed by atoms with Crippen LogP contribution in [-0.2, 0) is 22.6 Å². The molecule has 3 aromatic rings. The highest BCUT2D eigenvalue weighted by molar-refractivity contribution is 7.99. The van der Waals surface area contributed by atoms with E-state index in [4.69, 9.17) is 21.3 Å². The molecular weight excluding hydrogens is 604 g/mol. The zero-order valence-electron chi connectivity index (χ0n) is 25.0. The Bertz CT molecular complexity index is 1390. The second-order valence-corrected chi connectivity index (χ2v) is 15.1. The minimum atomic E-state index is -1.15. The van der Waals surface area contributed by atoms with Gasteiger partial charge in [-0.1, -0.05) is 60.6 Å². The Labute approximate surface area is 266 Å². The van der Waals surface area contributed by atoms with Gasteiger partial charge in [-0.2, -0.15) is 0 Å². The third-order valence-corrected chi connectivity index (χ3v) is 11.9. The van der Waals surface area contributed by atoms with Gasteiger partial charge in [-0.3, -0.25) is 4.79 Å². The maximum atomic E-state index is 13.1. The number of benzene rings is 1. The number of hydrogen-bond acceptors (Lipinski definition) is 9. The number of aromatic nitrogens is 3. The normalized spacial score (nSPS) is 20.7. The third-order valence-electron chi connectivity index (χ3n) is 8.63. The van der Waals surface area contributed by atoms with Crippen molar-refractivity contribution in [3.63, 3.8) is 0 Å². The van der Waals surface area contributed by atoms with Gasteiger partial charge in [0.05, 0.1) is 36.2 Å². The Morgan fingerprint density at radius 3 is 2.60 bits per heavy atom. The zero-order chi connectivity index (χ0) is 30.6. The Morgan fingerprint density at radius 2 is 1.93 bits per heavy atom. The van der Waals surface area contributed by atoms with Crippen LogP contribution in [0, 0.1) is 5.41 Å². The topological polar surface area (TPSA) is 115 Å². The fourth-order valence-corrected chi connectivity index (χ4v) is 7.73. The first kappa shape index (κ1) is 32.0. The lowest BCUT2D eigenvalue weighted by molar-refractivity contribution is 0.0945. The van der Waals surface area contributed by atoms with Gasteiger partial charge in [-0.25, -0.2) is 15.0 Å². The van der Waals surface area contributed by atoms with E-state index in [0.717, 1.165) is 43.7 Å². The molecule has 0 saturated carbocycles. The maximum Gasteiger partial charge on any atom is 0.271 e. The average molecular weight is 643 g/mol. The number of hydrogen-bond donors (Lipinski definition) is 2. The molecule has 1 unspecified atom stereocenters. The van der Waals surface area contributed by atoms with Gasteiger partial charge < -0.3 is 19.5 Å². The molecule has 43 heavy (non-hydrogen) atoms. The second-order valence-electron chi connectivity index (χ2n) is 11.8. The van der Waals surface area contributed by atoms with Crippen LogP contribution < -0.4 is 14.9 Å². The summed E-state index contributed by atoms with van der Waals surface area (Å²) in [6.07, 6.45) is 7.77. The minimum Gasteiger partial charge on any atom is -0.598 e. The first-order valence-corrected chi connectivity index (χ1v) is 17.0. The number of nitrogens with zero attached hydrogens (tertiary/aromatic N) is 4. The van der Waals surface area contributed by atoms with Gasteiger partial charge in [0.2, 0.25) is 0 Å². The largest absolute Gasteiger partial charge is 0.598 e. The predicted octanol–water partition coefficient (Wildman–Crippen LogP) is 5.42. The highest BCUT2D eigenvalue weighted by Crippen LogP contribution is 2.44. The van der Waals surface area contributed by atoms with E-state index in [0.29, 0.717) is 23.1 Å². The predicted molar refractivity (Wildman–Crippen MR) is 172 cm³/mol. The van der Waals surface area contributed by atoms with Gasteiger partial charge in [0, 0.05) is 47.5 Å². The molecule has 0 radical (unpaired) electrons. The lowest BCUT2D eigenvalue weighted by Gasteiger charge is -2.43. The van der Waals surface area contributed by atoms with Crippen molar-refractivity contribution >= 4 is 46.4 Å². The monoisotopic (exact) mass is 642 g/mol. The molecule has 9 nitrogen and oxygen atoms in total. The lowest BCUT2D eigenvalue weighted by atomic mass is 9.73. The van der Waals surface area contributed by atoms with Crippen LogP contribution in [0.5, 0.6) is 0 Å². The summed E-state index contributed by atoms with van der Waals surface area (Å²) in [4.78, 5) is 29.2. The Balaban J connectivity index is 1.19. The quantitative estimate of drug-likeness (QED) is 0.280. The maximum absolute atomic E-state index is 13.1. The number of halogens is 1. The van der Waals surface area contributed by atoms with Gasteiger partial charge in [0.15, 0.2) is 0 Å². The van der Waals surface area contributed by atoms with Gasteiger partial charge in [0.1, 0.15) is 21.3 Å².